The van der Waals surface area contributed by atoms with Crippen molar-refractivity contribution in [1.82, 2.24) is 4.98 Å². The van der Waals surface area contributed by atoms with Gasteiger partial charge in [0, 0.05) is 6.20 Å². The number of amides is 1. The van der Waals surface area contributed by atoms with E-state index in [1.807, 2.05) is 13.8 Å². The van der Waals surface area contributed by atoms with Gasteiger partial charge < -0.3 is 11.1 Å². The summed E-state index contributed by atoms with van der Waals surface area (Å²) in [7, 11) is 0. The van der Waals surface area contributed by atoms with Crippen molar-refractivity contribution in [1.29, 1.82) is 0 Å². The Balaban J connectivity index is 2.74. The van der Waals surface area contributed by atoms with Gasteiger partial charge in [-0.15, -0.1) is 0 Å². The Kier molecular flexibility index (Phi) is 4.37. The summed E-state index contributed by atoms with van der Waals surface area (Å²) in [5.74, 6) is -0.0891. The van der Waals surface area contributed by atoms with Gasteiger partial charge in [-0.3, -0.25) is 4.79 Å². The van der Waals surface area contributed by atoms with Crippen molar-refractivity contribution in [2.24, 2.45) is 17.6 Å². The van der Waals surface area contributed by atoms with Gasteiger partial charge >= 0.3 is 0 Å². The third kappa shape index (κ3) is 3.27. The molecule has 3 N–H and O–H groups in total. The van der Waals surface area contributed by atoms with E-state index in [0.29, 0.717) is 5.82 Å². The molecule has 1 rings (SSSR count). The van der Waals surface area contributed by atoms with Crippen molar-refractivity contribution in [2.45, 2.75) is 13.8 Å². The molecule has 1 aromatic heterocycles. The van der Waals surface area contributed by atoms with Gasteiger partial charge in [-0.1, -0.05) is 32.1 Å². The zero-order chi connectivity index (χ0) is 12.1. The van der Waals surface area contributed by atoms with Gasteiger partial charge in [-0.2, -0.15) is 0 Å². The lowest BCUT2D eigenvalue weighted by atomic mass is 9.95. The van der Waals surface area contributed by atoms with Crippen molar-refractivity contribution in [3.8, 4) is 0 Å². The van der Waals surface area contributed by atoms with E-state index in [9.17, 15) is 4.79 Å². The summed E-state index contributed by atoms with van der Waals surface area (Å²) in [5, 5.41) is 2.69. The molecule has 0 bridgehead atoms. The molecule has 4 nitrogen and oxygen atoms in total. The number of aromatic nitrogens is 1. The minimum atomic E-state index is -0.461. The highest BCUT2D eigenvalue weighted by atomic mass is 32.1. The van der Waals surface area contributed by atoms with Crippen LogP contribution in [0.15, 0.2) is 24.4 Å². The number of carbonyl (C=O) groups is 1. The van der Waals surface area contributed by atoms with Crippen LogP contribution in [-0.2, 0) is 4.79 Å². The molecule has 0 aromatic carbocycles. The Morgan fingerprint density at radius 1 is 1.50 bits per heavy atom. The number of rotatable bonds is 4. The molecule has 1 amide bonds. The number of nitrogens with one attached hydrogen (secondary N) is 1. The lowest BCUT2D eigenvalue weighted by Gasteiger charge is -2.18. The number of thiocarbonyl (C=S) groups is 1. The monoisotopic (exact) mass is 237 g/mol. The second kappa shape index (κ2) is 5.55. The van der Waals surface area contributed by atoms with Crippen LogP contribution in [0.3, 0.4) is 0 Å². The van der Waals surface area contributed by atoms with Crippen LogP contribution < -0.4 is 11.1 Å². The van der Waals surface area contributed by atoms with E-state index in [1.165, 1.54) is 0 Å². The maximum Gasteiger partial charge on any atom is 0.235 e. The molecule has 1 heterocycles. The Labute approximate surface area is 100 Å². The molecule has 86 valence electrons. The fraction of sp³-hybridized carbons (Fsp3) is 0.364. The van der Waals surface area contributed by atoms with Crippen LogP contribution >= 0.6 is 12.2 Å². The molecule has 0 fully saturated rings. The Bertz CT molecular complexity index is 378. The van der Waals surface area contributed by atoms with Crippen LogP contribution in [0.1, 0.15) is 13.8 Å². The Morgan fingerprint density at radius 2 is 2.19 bits per heavy atom. The smallest absolute Gasteiger partial charge is 0.235 e. The van der Waals surface area contributed by atoms with Crippen molar-refractivity contribution in [2.75, 3.05) is 5.32 Å². The fourth-order valence-electron chi connectivity index (χ4n) is 1.40. The molecule has 0 aliphatic rings. The molecule has 0 aliphatic heterocycles. The van der Waals surface area contributed by atoms with Crippen molar-refractivity contribution >= 4 is 28.9 Å². The molecule has 1 unspecified atom stereocenters. The minimum Gasteiger partial charge on any atom is -0.393 e. The van der Waals surface area contributed by atoms with E-state index >= 15 is 0 Å². The maximum absolute atomic E-state index is 11.9. The van der Waals surface area contributed by atoms with E-state index in [0.717, 1.165) is 0 Å². The van der Waals surface area contributed by atoms with Gasteiger partial charge in [-0.25, -0.2) is 4.98 Å². The number of hydrogen-bond donors (Lipinski definition) is 2. The third-order valence-corrected chi connectivity index (χ3v) is 2.43. The highest BCUT2D eigenvalue weighted by molar-refractivity contribution is 7.80. The summed E-state index contributed by atoms with van der Waals surface area (Å²) in [4.78, 5) is 16.1. The summed E-state index contributed by atoms with van der Waals surface area (Å²) in [5.41, 5.74) is 5.54. The number of anilines is 1. The van der Waals surface area contributed by atoms with Crippen LogP contribution in [-0.4, -0.2) is 15.9 Å². The summed E-state index contributed by atoms with van der Waals surface area (Å²) in [6, 6.07) is 5.30. The first-order valence-corrected chi connectivity index (χ1v) is 5.44. The molecule has 1 atom stereocenters. The second-order valence-corrected chi connectivity index (χ2v) is 4.30. The zero-order valence-corrected chi connectivity index (χ0v) is 10.1. The van der Waals surface area contributed by atoms with E-state index < -0.39 is 5.92 Å². The minimum absolute atomic E-state index is 0.0706. The quantitative estimate of drug-likeness (QED) is 0.780. The van der Waals surface area contributed by atoms with Crippen LogP contribution in [0.5, 0.6) is 0 Å². The van der Waals surface area contributed by atoms with Crippen molar-refractivity contribution in [3.63, 3.8) is 0 Å². The van der Waals surface area contributed by atoms with Gasteiger partial charge in [0.2, 0.25) is 5.91 Å². The fourth-order valence-corrected chi connectivity index (χ4v) is 1.78. The molecular weight excluding hydrogens is 222 g/mol. The van der Waals surface area contributed by atoms with Gasteiger partial charge in [0.25, 0.3) is 0 Å². The lowest BCUT2D eigenvalue weighted by Crippen LogP contribution is -2.36. The summed E-state index contributed by atoms with van der Waals surface area (Å²) >= 11 is 4.88. The third-order valence-electron chi connectivity index (χ3n) is 2.17. The number of carbonyl (C=O) groups excluding carboxylic acids is 1. The molecule has 0 saturated carbocycles. The molecular formula is C11H15N3OS. The molecule has 0 spiro atoms. The summed E-state index contributed by atoms with van der Waals surface area (Å²) in [6.07, 6.45) is 1.61. The molecule has 16 heavy (non-hydrogen) atoms. The van der Waals surface area contributed by atoms with E-state index in [2.05, 4.69) is 10.3 Å². The van der Waals surface area contributed by atoms with Crippen molar-refractivity contribution < 1.29 is 4.79 Å². The first kappa shape index (κ1) is 12.6. The number of hydrogen-bond acceptors (Lipinski definition) is 3. The van der Waals surface area contributed by atoms with Crippen LogP contribution in [0.25, 0.3) is 0 Å². The highest BCUT2D eigenvalue weighted by Crippen LogP contribution is 2.14. The molecule has 5 heteroatoms. The van der Waals surface area contributed by atoms with E-state index in [-0.39, 0.29) is 16.8 Å². The van der Waals surface area contributed by atoms with Crippen LogP contribution in [0.4, 0.5) is 5.82 Å². The van der Waals surface area contributed by atoms with Crippen LogP contribution in [0, 0.1) is 11.8 Å². The summed E-state index contributed by atoms with van der Waals surface area (Å²) < 4.78 is 0. The largest absolute Gasteiger partial charge is 0.393 e. The van der Waals surface area contributed by atoms with E-state index in [1.54, 1.807) is 24.4 Å². The molecule has 1 aromatic rings. The summed E-state index contributed by atoms with van der Waals surface area (Å²) in [6.45, 7) is 3.81. The van der Waals surface area contributed by atoms with Gasteiger partial charge in [0.1, 0.15) is 5.82 Å². The topological polar surface area (TPSA) is 68.0 Å². The first-order chi connectivity index (χ1) is 7.52. The maximum atomic E-state index is 11.9. The average Bonchev–Trinajstić information content (AvgIpc) is 2.17. The van der Waals surface area contributed by atoms with Crippen molar-refractivity contribution in [3.05, 3.63) is 24.4 Å². The average molecular weight is 237 g/mol. The van der Waals surface area contributed by atoms with Gasteiger partial charge in [-0.05, 0) is 18.1 Å². The van der Waals surface area contributed by atoms with Crippen LogP contribution in [0.2, 0.25) is 0 Å². The lowest BCUT2D eigenvalue weighted by molar-refractivity contribution is -0.118. The predicted octanol–water partition coefficient (Wildman–Crippen LogP) is 1.58. The number of nitrogens with two attached hydrogens (primary N) is 1. The predicted molar refractivity (Wildman–Crippen MR) is 68.0 cm³/mol. The van der Waals surface area contributed by atoms with Gasteiger partial charge in [0.05, 0.1) is 10.9 Å². The normalized spacial score (nSPS) is 12.2. The number of nitrogens with zero attached hydrogens (tertiary/aromatic N) is 1. The second-order valence-electron chi connectivity index (χ2n) is 3.83. The van der Waals surface area contributed by atoms with Gasteiger partial charge in [0.15, 0.2) is 0 Å². The SMILES string of the molecule is CC(C)C(C(=O)Nc1ccccn1)C(N)=S. The highest BCUT2D eigenvalue weighted by Gasteiger charge is 2.25. The van der Waals surface area contributed by atoms with E-state index in [4.69, 9.17) is 18.0 Å². The Morgan fingerprint density at radius 3 is 2.62 bits per heavy atom. The first-order valence-electron chi connectivity index (χ1n) is 5.03. The molecule has 0 saturated heterocycles. The Hall–Kier alpha value is -1.49. The molecule has 0 radical (unpaired) electrons. The molecule has 0 aliphatic carbocycles. The zero-order valence-electron chi connectivity index (χ0n) is 9.31. The standard InChI is InChI=1S/C11H15N3OS/c1-7(2)9(10(12)16)11(15)14-8-5-3-4-6-13-8/h3-7,9H,1-2H3,(H2,12,16)(H,13,14,15). The number of pyridine rings is 1.